The van der Waals surface area contributed by atoms with Gasteiger partial charge in [-0.2, -0.15) is 4.31 Å². The zero-order valence-electron chi connectivity index (χ0n) is 18.8. The van der Waals surface area contributed by atoms with E-state index in [4.69, 9.17) is 0 Å². The molecule has 0 aliphatic carbocycles. The average Bonchev–Trinajstić information content (AvgIpc) is 2.85. The van der Waals surface area contributed by atoms with Crippen molar-refractivity contribution in [2.24, 2.45) is 0 Å². The maximum atomic E-state index is 13.1. The smallest absolute Gasteiger partial charge is 0.243 e. The number of carbonyl (C=O) groups is 1. The van der Waals surface area contributed by atoms with E-state index in [1.54, 1.807) is 24.3 Å². The number of piperazine rings is 1. The summed E-state index contributed by atoms with van der Waals surface area (Å²) in [6.07, 6.45) is 1.16. The average molecular weight is 484 g/mol. The molecule has 1 aromatic heterocycles. The maximum Gasteiger partial charge on any atom is 0.243 e. The molecule has 0 saturated carbocycles. The van der Waals surface area contributed by atoms with E-state index >= 15 is 0 Å². The summed E-state index contributed by atoms with van der Waals surface area (Å²) < 4.78 is 40.7. The van der Waals surface area contributed by atoms with Crippen molar-refractivity contribution in [3.63, 3.8) is 0 Å². The summed E-state index contributed by atoms with van der Waals surface area (Å²) in [5.41, 5.74) is 1.98. The Morgan fingerprint density at radius 3 is 2.21 bits per heavy atom. The van der Waals surface area contributed by atoms with Crippen LogP contribution in [0.25, 0.3) is 11.3 Å². The molecule has 1 N–H and O–H groups in total. The second kappa shape index (κ2) is 10.3. The monoisotopic (exact) mass is 483 g/mol. The highest BCUT2D eigenvalue weighted by Crippen LogP contribution is 2.23. The number of rotatable bonds is 7. The van der Waals surface area contributed by atoms with Crippen LogP contribution in [0.4, 0.5) is 15.9 Å². The van der Waals surface area contributed by atoms with Gasteiger partial charge in [-0.3, -0.25) is 4.79 Å². The molecule has 3 aromatic rings. The lowest BCUT2D eigenvalue weighted by atomic mass is 10.1. The quantitative estimate of drug-likeness (QED) is 0.552. The van der Waals surface area contributed by atoms with E-state index in [2.05, 4.69) is 15.5 Å². The maximum absolute atomic E-state index is 13.1. The van der Waals surface area contributed by atoms with Crippen molar-refractivity contribution in [3.8, 4) is 11.3 Å². The van der Waals surface area contributed by atoms with Crippen LogP contribution in [0.3, 0.4) is 0 Å². The first-order valence-electron chi connectivity index (χ1n) is 11.1. The number of carbonyl (C=O) groups excluding carboxylic acids is 1. The van der Waals surface area contributed by atoms with Crippen molar-refractivity contribution < 1.29 is 17.6 Å². The molecule has 1 aliphatic heterocycles. The highest BCUT2D eigenvalue weighted by molar-refractivity contribution is 7.89. The first-order chi connectivity index (χ1) is 16.4. The summed E-state index contributed by atoms with van der Waals surface area (Å²) in [6.45, 7) is 3.52. The Bertz CT molecular complexity index is 1230. The third-order valence-corrected chi connectivity index (χ3v) is 7.52. The molecule has 0 unspecified atom stereocenters. The molecule has 10 heteroatoms. The number of anilines is 2. The third kappa shape index (κ3) is 5.40. The molecule has 0 bridgehead atoms. The van der Waals surface area contributed by atoms with Gasteiger partial charge in [0.25, 0.3) is 0 Å². The Kier molecular flexibility index (Phi) is 7.18. The van der Waals surface area contributed by atoms with Crippen LogP contribution in [-0.4, -0.2) is 55.0 Å². The van der Waals surface area contributed by atoms with E-state index in [1.807, 2.05) is 24.0 Å². The van der Waals surface area contributed by atoms with Crippen LogP contribution in [0, 0.1) is 5.82 Å². The Morgan fingerprint density at radius 1 is 0.941 bits per heavy atom. The van der Waals surface area contributed by atoms with E-state index < -0.39 is 10.0 Å². The number of nitrogens with zero attached hydrogens (tertiary/aromatic N) is 4. The highest BCUT2D eigenvalue weighted by atomic mass is 32.2. The molecule has 0 radical (unpaired) electrons. The predicted octanol–water partition coefficient (Wildman–Crippen LogP) is 3.53. The molecule has 1 fully saturated rings. The third-order valence-electron chi connectivity index (χ3n) is 5.61. The zero-order valence-corrected chi connectivity index (χ0v) is 19.6. The highest BCUT2D eigenvalue weighted by Gasteiger charge is 2.29. The fourth-order valence-corrected chi connectivity index (χ4v) is 5.16. The number of benzene rings is 2. The minimum atomic E-state index is -3.64. The summed E-state index contributed by atoms with van der Waals surface area (Å²) in [5, 5.41) is 11.3. The van der Waals surface area contributed by atoms with Crippen molar-refractivity contribution >= 4 is 27.4 Å². The van der Waals surface area contributed by atoms with Crippen LogP contribution < -0.4 is 10.2 Å². The summed E-state index contributed by atoms with van der Waals surface area (Å²) in [4.78, 5) is 13.9. The van der Waals surface area contributed by atoms with E-state index in [1.165, 1.54) is 28.6 Å². The van der Waals surface area contributed by atoms with Crippen molar-refractivity contribution in [1.82, 2.24) is 14.5 Å². The summed E-state index contributed by atoms with van der Waals surface area (Å²) in [6, 6.07) is 15.9. The number of amides is 1. The largest absolute Gasteiger partial charge is 0.352 e. The molecule has 1 aliphatic rings. The lowest BCUT2D eigenvalue weighted by molar-refractivity contribution is -0.116. The van der Waals surface area contributed by atoms with E-state index in [9.17, 15) is 17.6 Å². The molecule has 4 rings (SSSR count). The van der Waals surface area contributed by atoms with Crippen molar-refractivity contribution in [2.75, 3.05) is 36.4 Å². The molecular formula is C24H26FN5O3S. The fraction of sp³-hybridized carbons (Fsp3) is 0.292. The molecule has 0 atom stereocenters. The van der Waals surface area contributed by atoms with Crippen LogP contribution in [0.2, 0.25) is 0 Å². The Hall–Kier alpha value is -3.37. The number of aromatic nitrogens is 2. The van der Waals surface area contributed by atoms with Gasteiger partial charge in [-0.25, -0.2) is 12.8 Å². The van der Waals surface area contributed by atoms with Gasteiger partial charge < -0.3 is 10.2 Å². The molecule has 178 valence electrons. The standard InChI is InChI=1S/C24H26FN5O3S/c1-2-3-24(31)26-20-8-10-21(11-9-20)34(32,33)30-16-14-29(15-17-30)23-13-12-22(27-28-23)18-4-6-19(25)7-5-18/h4-13H,2-3,14-17H2,1H3,(H,26,31). The number of nitrogens with one attached hydrogen (secondary N) is 1. The van der Waals surface area contributed by atoms with Gasteiger partial charge in [0, 0.05) is 43.9 Å². The number of hydrogen-bond acceptors (Lipinski definition) is 6. The molecule has 8 nitrogen and oxygen atoms in total. The van der Waals surface area contributed by atoms with Gasteiger partial charge in [-0.1, -0.05) is 6.92 Å². The molecule has 2 heterocycles. The van der Waals surface area contributed by atoms with Gasteiger partial charge in [-0.05, 0) is 67.1 Å². The van der Waals surface area contributed by atoms with Gasteiger partial charge in [0.15, 0.2) is 5.82 Å². The first-order valence-corrected chi connectivity index (χ1v) is 12.6. The fourth-order valence-electron chi connectivity index (χ4n) is 3.74. The van der Waals surface area contributed by atoms with Gasteiger partial charge in [0.1, 0.15) is 5.82 Å². The summed E-state index contributed by atoms with van der Waals surface area (Å²) >= 11 is 0. The van der Waals surface area contributed by atoms with Gasteiger partial charge in [0.2, 0.25) is 15.9 Å². The van der Waals surface area contributed by atoms with Gasteiger partial charge in [0.05, 0.1) is 10.6 Å². The molecule has 0 spiro atoms. The zero-order chi connectivity index (χ0) is 24.1. The molecular weight excluding hydrogens is 457 g/mol. The molecule has 1 amide bonds. The Morgan fingerprint density at radius 2 is 1.62 bits per heavy atom. The van der Waals surface area contributed by atoms with E-state index in [0.717, 1.165) is 12.0 Å². The number of halogens is 1. The summed E-state index contributed by atoms with van der Waals surface area (Å²) in [5.74, 6) is 0.258. The van der Waals surface area contributed by atoms with Crippen molar-refractivity contribution in [3.05, 3.63) is 66.5 Å². The van der Waals surface area contributed by atoms with Crippen LogP contribution in [0.1, 0.15) is 19.8 Å². The predicted molar refractivity (Wildman–Crippen MR) is 128 cm³/mol. The molecule has 34 heavy (non-hydrogen) atoms. The van der Waals surface area contributed by atoms with Crippen LogP contribution >= 0.6 is 0 Å². The second-order valence-corrected chi connectivity index (χ2v) is 9.94. The van der Waals surface area contributed by atoms with Gasteiger partial charge in [-0.15, -0.1) is 10.2 Å². The molecule has 2 aromatic carbocycles. The van der Waals surface area contributed by atoms with Crippen LogP contribution in [0.15, 0.2) is 65.6 Å². The minimum Gasteiger partial charge on any atom is -0.352 e. The van der Waals surface area contributed by atoms with E-state index in [0.29, 0.717) is 49.8 Å². The normalized spacial score (nSPS) is 14.7. The van der Waals surface area contributed by atoms with Crippen LogP contribution in [-0.2, 0) is 14.8 Å². The first kappa shape index (κ1) is 23.8. The molecule has 1 saturated heterocycles. The van der Waals surface area contributed by atoms with Crippen molar-refractivity contribution in [1.29, 1.82) is 0 Å². The van der Waals surface area contributed by atoms with Crippen LogP contribution in [0.5, 0.6) is 0 Å². The number of hydrogen-bond donors (Lipinski definition) is 1. The minimum absolute atomic E-state index is 0.0944. The number of sulfonamides is 1. The lowest BCUT2D eigenvalue weighted by Crippen LogP contribution is -2.49. The van der Waals surface area contributed by atoms with E-state index in [-0.39, 0.29) is 16.6 Å². The second-order valence-electron chi connectivity index (χ2n) is 8.00. The van der Waals surface area contributed by atoms with Crippen molar-refractivity contribution in [2.45, 2.75) is 24.7 Å². The SMILES string of the molecule is CCCC(=O)Nc1ccc(S(=O)(=O)N2CCN(c3ccc(-c4ccc(F)cc4)nn3)CC2)cc1. The lowest BCUT2D eigenvalue weighted by Gasteiger charge is -2.34. The summed E-state index contributed by atoms with van der Waals surface area (Å²) in [7, 11) is -3.64. The Labute approximate surface area is 198 Å². The van der Waals surface area contributed by atoms with Gasteiger partial charge >= 0.3 is 0 Å². The Balaban J connectivity index is 1.37. The topological polar surface area (TPSA) is 95.5 Å².